The van der Waals surface area contributed by atoms with Crippen molar-refractivity contribution in [2.45, 2.75) is 6.18 Å². The molecule has 0 saturated carbocycles. The van der Waals surface area contributed by atoms with Gasteiger partial charge in [-0.1, -0.05) is 23.9 Å². The van der Waals surface area contributed by atoms with E-state index in [9.17, 15) is 13.2 Å². The van der Waals surface area contributed by atoms with Crippen molar-refractivity contribution in [1.82, 2.24) is 5.32 Å². The van der Waals surface area contributed by atoms with Gasteiger partial charge < -0.3 is 9.47 Å². The number of halogens is 3. The van der Waals surface area contributed by atoms with Crippen molar-refractivity contribution >= 4 is 22.6 Å². The van der Waals surface area contributed by atoms with Gasteiger partial charge in [0.25, 0.3) is 0 Å². The minimum absolute atomic E-state index is 0.0715. The fourth-order valence-electron chi connectivity index (χ4n) is 1.97. The molecule has 9 heteroatoms. The molecule has 0 radical (unpaired) electrons. The Balaban J connectivity index is 2.52. The zero-order valence-electron chi connectivity index (χ0n) is 13.8. The van der Waals surface area contributed by atoms with Gasteiger partial charge in [-0.3, -0.25) is 5.32 Å². The van der Waals surface area contributed by atoms with Crippen LogP contribution >= 0.6 is 11.8 Å². The summed E-state index contributed by atoms with van der Waals surface area (Å²) < 4.78 is 50.0. The normalized spacial score (nSPS) is 11.6. The number of rotatable bonds is 4. The third kappa shape index (κ3) is 4.83. The standard InChI is InChI=1S/C17H14F3N3O2S/c1-24-14-5-3-4-6-15(14)25-13-8-7-11(17(18,19)20)9-12(13)23-16(26-2)22-10-21/h3-9H,1-2H3,(H,22,23). The van der Waals surface area contributed by atoms with E-state index in [1.54, 1.807) is 36.7 Å². The third-order valence-electron chi connectivity index (χ3n) is 3.15. The lowest BCUT2D eigenvalue weighted by Crippen LogP contribution is -2.12. The molecule has 5 nitrogen and oxygen atoms in total. The number of hydrogen-bond acceptors (Lipinski definition) is 5. The van der Waals surface area contributed by atoms with Gasteiger partial charge >= 0.3 is 6.18 Å². The van der Waals surface area contributed by atoms with Gasteiger partial charge in [0.05, 0.1) is 12.7 Å². The largest absolute Gasteiger partial charge is 0.493 e. The topological polar surface area (TPSA) is 66.6 Å². The average Bonchev–Trinajstić information content (AvgIpc) is 2.62. The van der Waals surface area contributed by atoms with Gasteiger partial charge in [-0.25, -0.2) is 4.99 Å². The Bertz CT molecular complexity index is 848. The van der Waals surface area contributed by atoms with E-state index in [0.717, 1.165) is 23.9 Å². The highest BCUT2D eigenvalue weighted by atomic mass is 32.2. The first kappa shape index (κ1) is 19.5. The average molecular weight is 381 g/mol. The van der Waals surface area contributed by atoms with Crippen molar-refractivity contribution in [3.05, 3.63) is 48.0 Å². The molecule has 0 saturated heterocycles. The summed E-state index contributed by atoms with van der Waals surface area (Å²) in [7, 11) is 1.46. The lowest BCUT2D eigenvalue weighted by Gasteiger charge is -2.14. The summed E-state index contributed by atoms with van der Waals surface area (Å²) in [5.41, 5.74) is -0.945. The highest BCUT2D eigenvalue weighted by Crippen LogP contribution is 2.40. The van der Waals surface area contributed by atoms with Crippen LogP contribution in [0.3, 0.4) is 0 Å². The zero-order valence-corrected chi connectivity index (χ0v) is 14.6. The van der Waals surface area contributed by atoms with E-state index in [1.165, 1.54) is 13.2 Å². The van der Waals surface area contributed by atoms with Crippen LogP contribution in [-0.2, 0) is 6.18 Å². The quantitative estimate of drug-likeness (QED) is 0.352. The minimum atomic E-state index is -4.53. The van der Waals surface area contributed by atoms with Gasteiger partial charge in [-0.15, -0.1) is 0 Å². The Labute approximate surface area is 152 Å². The van der Waals surface area contributed by atoms with Crippen molar-refractivity contribution in [3.8, 4) is 23.4 Å². The fraction of sp³-hybridized carbons (Fsp3) is 0.176. The number of hydrogen-bond donors (Lipinski definition) is 1. The molecular weight excluding hydrogens is 367 g/mol. The number of para-hydroxylation sites is 2. The Morgan fingerprint density at radius 2 is 1.85 bits per heavy atom. The highest BCUT2D eigenvalue weighted by molar-refractivity contribution is 8.13. The second-order valence-electron chi connectivity index (χ2n) is 4.79. The first-order chi connectivity index (χ1) is 12.4. The predicted octanol–water partition coefficient (Wildman–Crippen LogP) is 4.93. The van der Waals surface area contributed by atoms with Crippen LogP contribution in [0.25, 0.3) is 0 Å². The van der Waals surface area contributed by atoms with Crippen LogP contribution < -0.4 is 14.8 Å². The van der Waals surface area contributed by atoms with Crippen LogP contribution in [0, 0.1) is 11.5 Å². The molecule has 0 amide bonds. The SMILES string of the molecule is COc1ccccc1Oc1ccc(C(F)(F)F)cc1N=C(NC#N)SC. The maximum Gasteiger partial charge on any atom is 0.416 e. The first-order valence-electron chi connectivity index (χ1n) is 7.19. The number of alkyl halides is 3. The molecule has 0 heterocycles. The fourth-order valence-corrected chi connectivity index (χ4v) is 2.31. The molecule has 0 fully saturated rings. The van der Waals surface area contributed by atoms with E-state index in [2.05, 4.69) is 10.3 Å². The number of thioether (sulfide) groups is 1. The second kappa shape index (κ2) is 8.49. The van der Waals surface area contributed by atoms with E-state index >= 15 is 0 Å². The molecule has 0 aliphatic heterocycles. The van der Waals surface area contributed by atoms with Crippen molar-refractivity contribution < 1.29 is 22.6 Å². The summed E-state index contributed by atoms with van der Waals surface area (Å²) in [6.45, 7) is 0. The number of amidine groups is 1. The van der Waals surface area contributed by atoms with Gasteiger partial charge in [-0.2, -0.15) is 18.4 Å². The molecule has 2 rings (SSSR count). The molecule has 0 aliphatic rings. The first-order valence-corrected chi connectivity index (χ1v) is 8.41. The maximum atomic E-state index is 13.0. The number of methoxy groups -OCH3 is 1. The van der Waals surface area contributed by atoms with Crippen LogP contribution in [0.15, 0.2) is 47.5 Å². The Hall–Kier alpha value is -2.86. The van der Waals surface area contributed by atoms with Crippen LogP contribution in [-0.4, -0.2) is 18.5 Å². The van der Waals surface area contributed by atoms with E-state index < -0.39 is 11.7 Å². The van der Waals surface area contributed by atoms with Crippen LogP contribution in [0.5, 0.6) is 17.2 Å². The number of aliphatic imine (C=N–C) groups is 1. The molecule has 1 N–H and O–H groups in total. The molecule has 136 valence electrons. The smallest absolute Gasteiger partial charge is 0.416 e. The lowest BCUT2D eigenvalue weighted by atomic mass is 10.2. The number of nitriles is 1. The molecule has 26 heavy (non-hydrogen) atoms. The summed E-state index contributed by atoms with van der Waals surface area (Å²) >= 11 is 1.08. The van der Waals surface area contributed by atoms with Crippen LogP contribution in [0.2, 0.25) is 0 Å². The van der Waals surface area contributed by atoms with Crippen molar-refractivity contribution in [2.24, 2.45) is 4.99 Å². The monoisotopic (exact) mass is 381 g/mol. The number of benzene rings is 2. The van der Waals surface area contributed by atoms with Crippen LogP contribution in [0.1, 0.15) is 5.56 Å². The Morgan fingerprint density at radius 1 is 1.15 bits per heavy atom. The van der Waals surface area contributed by atoms with Crippen molar-refractivity contribution in [1.29, 1.82) is 5.26 Å². The van der Waals surface area contributed by atoms with Gasteiger partial charge in [0.15, 0.2) is 28.6 Å². The van der Waals surface area contributed by atoms with Crippen molar-refractivity contribution in [2.75, 3.05) is 13.4 Å². The number of nitrogens with zero attached hydrogens (tertiary/aromatic N) is 2. The van der Waals surface area contributed by atoms with Crippen molar-refractivity contribution in [3.63, 3.8) is 0 Å². The molecule has 0 aliphatic carbocycles. The summed E-state index contributed by atoms with van der Waals surface area (Å²) in [6, 6.07) is 9.66. The molecular formula is C17H14F3N3O2S. The Morgan fingerprint density at radius 3 is 2.42 bits per heavy atom. The van der Waals surface area contributed by atoms with Gasteiger partial charge in [0.2, 0.25) is 0 Å². The predicted molar refractivity (Wildman–Crippen MR) is 93.9 cm³/mol. The summed E-state index contributed by atoms with van der Waals surface area (Å²) in [5.74, 6) is 0.835. The highest BCUT2D eigenvalue weighted by Gasteiger charge is 2.31. The van der Waals surface area contributed by atoms with Gasteiger partial charge in [-0.05, 0) is 36.6 Å². The zero-order chi connectivity index (χ0) is 19.2. The second-order valence-corrected chi connectivity index (χ2v) is 5.59. The maximum absolute atomic E-state index is 13.0. The molecule has 0 unspecified atom stereocenters. The molecule has 2 aromatic rings. The summed E-state index contributed by atoms with van der Waals surface area (Å²) in [4.78, 5) is 4.07. The lowest BCUT2D eigenvalue weighted by molar-refractivity contribution is -0.137. The van der Waals surface area contributed by atoms with Gasteiger partial charge in [0.1, 0.15) is 5.69 Å². The molecule has 0 aromatic heterocycles. The Kier molecular flexibility index (Phi) is 6.36. The van der Waals surface area contributed by atoms with E-state index in [-0.39, 0.29) is 16.6 Å². The van der Waals surface area contributed by atoms with E-state index in [4.69, 9.17) is 14.7 Å². The van der Waals surface area contributed by atoms with E-state index in [0.29, 0.717) is 11.5 Å². The van der Waals surface area contributed by atoms with Crippen LogP contribution in [0.4, 0.5) is 18.9 Å². The third-order valence-corrected chi connectivity index (χ3v) is 3.73. The molecule has 0 atom stereocenters. The van der Waals surface area contributed by atoms with E-state index in [1.807, 2.05) is 0 Å². The molecule has 2 aromatic carbocycles. The number of ether oxygens (including phenoxy) is 2. The minimum Gasteiger partial charge on any atom is -0.493 e. The molecule has 0 bridgehead atoms. The summed E-state index contributed by atoms with van der Waals surface area (Å²) in [6.07, 6.45) is -1.21. The van der Waals surface area contributed by atoms with Gasteiger partial charge in [0, 0.05) is 0 Å². The molecule has 0 spiro atoms. The summed E-state index contributed by atoms with van der Waals surface area (Å²) in [5, 5.41) is 11.2. The number of nitrogens with one attached hydrogen (secondary N) is 1.